The molecule has 17 heavy (non-hydrogen) atoms. The first-order chi connectivity index (χ1) is 7.42. The SMILES string of the molecule is CN(C)C(=O)C(C)(O[Si](C)(C)C)C(=O)N(C)C. The van der Waals surface area contributed by atoms with Gasteiger partial charge in [-0.1, -0.05) is 0 Å². The predicted octanol–water partition coefficient (Wildman–Crippen LogP) is 0.773. The van der Waals surface area contributed by atoms with Crippen LogP contribution in [-0.4, -0.2) is 63.7 Å². The van der Waals surface area contributed by atoms with E-state index in [2.05, 4.69) is 0 Å². The lowest BCUT2D eigenvalue weighted by Crippen LogP contribution is -2.59. The number of hydrogen-bond donors (Lipinski definition) is 0. The molecule has 0 aromatic carbocycles. The van der Waals surface area contributed by atoms with Crippen LogP contribution < -0.4 is 0 Å². The number of nitrogens with zero attached hydrogens (tertiary/aromatic N) is 2. The number of rotatable bonds is 4. The summed E-state index contributed by atoms with van der Waals surface area (Å²) in [6, 6.07) is 0. The van der Waals surface area contributed by atoms with Gasteiger partial charge >= 0.3 is 0 Å². The maximum Gasteiger partial charge on any atom is 0.262 e. The molecule has 0 radical (unpaired) electrons. The first-order valence-corrected chi connectivity index (χ1v) is 8.96. The van der Waals surface area contributed by atoms with Gasteiger partial charge in [-0.15, -0.1) is 0 Å². The van der Waals surface area contributed by atoms with E-state index in [4.69, 9.17) is 4.43 Å². The maximum absolute atomic E-state index is 12.2. The van der Waals surface area contributed by atoms with Gasteiger partial charge in [-0.05, 0) is 26.6 Å². The lowest BCUT2D eigenvalue weighted by Gasteiger charge is -2.36. The number of hydrogen-bond acceptors (Lipinski definition) is 3. The minimum atomic E-state index is -2.00. The van der Waals surface area contributed by atoms with Crippen LogP contribution in [-0.2, 0) is 14.0 Å². The second-order valence-corrected chi connectivity index (χ2v) is 10.1. The molecular weight excluding hydrogens is 236 g/mol. The summed E-state index contributed by atoms with van der Waals surface area (Å²) in [5.41, 5.74) is -1.42. The van der Waals surface area contributed by atoms with Crippen LogP contribution in [0.15, 0.2) is 0 Å². The van der Waals surface area contributed by atoms with Crippen molar-refractivity contribution in [3.63, 3.8) is 0 Å². The van der Waals surface area contributed by atoms with Crippen molar-refractivity contribution >= 4 is 20.1 Å². The Bertz CT molecular complexity index is 288. The quantitative estimate of drug-likeness (QED) is 0.554. The molecule has 6 heteroatoms. The molecule has 0 saturated heterocycles. The van der Waals surface area contributed by atoms with Crippen LogP contribution in [0.3, 0.4) is 0 Å². The fraction of sp³-hybridized carbons (Fsp3) is 0.818. The summed E-state index contributed by atoms with van der Waals surface area (Å²) in [6.45, 7) is 7.42. The van der Waals surface area contributed by atoms with Gasteiger partial charge in [0, 0.05) is 28.2 Å². The molecule has 0 N–H and O–H groups in total. The zero-order chi connectivity index (χ0) is 14.0. The standard InChI is InChI=1S/C11H24N2O3Si/c1-11(9(14)12(2)3,10(15)13(4)5)16-17(6,7)8/h1-8H3. The first-order valence-electron chi connectivity index (χ1n) is 5.55. The number of amides is 2. The third-order valence-electron chi connectivity index (χ3n) is 2.14. The summed E-state index contributed by atoms with van der Waals surface area (Å²) < 4.78 is 5.83. The van der Waals surface area contributed by atoms with Crippen molar-refractivity contribution in [1.82, 2.24) is 9.80 Å². The van der Waals surface area contributed by atoms with Crippen LogP contribution in [0.5, 0.6) is 0 Å². The molecule has 0 aliphatic rings. The molecule has 0 aliphatic carbocycles. The monoisotopic (exact) mass is 260 g/mol. The van der Waals surface area contributed by atoms with Crippen molar-refractivity contribution in [3.05, 3.63) is 0 Å². The first kappa shape index (κ1) is 16.1. The molecule has 0 fully saturated rings. The van der Waals surface area contributed by atoms with Crippen LogP contribution in [0, 0.1) is 0 Å². The summed E-state index contributed by atoms with van der Waals surface area (Å²) in [7, 11) is 4.48. The minimum Gasteiger partial charge on any atom is -0.397 e. The van der Waals surface area contributed by atoms with E-state index in [0.29, 0.717) is 0 Å². The van der Waals surface area contributed by atoms with E-state index in [1.54, 1.807) is 35.1 Å². The Morgan fingerprint density at radius 3 is 1.41 bits per heavy atom. The van der Waals surface area contributed by atoms with Gasteiger partial charge in [-0.25, -0.2) is 0 Å². The lowest BCUT2D eigenvalue weighted by molar-refractivity contribution is -0.160. The van der Waals surface area contributed by atoms with Crippen molar-refractivity contribution < 1.29 is 14.0 Å². The maximum atomic E-state index is 12.2. The molecule has 0 bridgehead atoms. The highest BCUT2D eigenvalue weighted by Crippen LogP contribution is 2.22. The fourth-order valence-electron chi connectivity index (χ4n) is 1.64. The normalized spacial score (nSPS) is 12.2. The molecule has 0 heterocycles. The van der Waals surface area contributed by atoms with Gasteiger partial charge < -0.3 is 14.2 Å². The number of carbonyl (C=O) groups excluding carboxylic acids is 2. The Hall–Kier alpha value is -0.883. The molecule has 5 nitrogen and oxygen atoms in total. The van der Waals surface area contributed by atoms with E-state index in [9.17, 15) is 9.59 Å². The fourth-order valence-corrected chi connectivity index (χ4v) is 3.04. The van der Waals surface area contributed by atoms with E-state index < -0.39 is 13.9 Å². The molecular formula is C11H24N2O3Si. The third-order valence-corrected chi connectivity index (χ3v) is 3.16. The van der Waals surface area contributed by atoms with Crippen molar-refractivity contribution in [2.24, 2.45) is 0 Å². The Kier molecular flexibility index (Phi) is 4.91. The van der Waals surface area contributed by atoms with Crippen molar-refractivity contribution in [3.8, 4) is 0 Å². The molecule has 0 spiro atoms. The average molecular weight is 260 g/mol. The second-order valence-electron chi connectivity index (χ2n) is 5.65. The van der Waals surface area contributed by atoms with E-state index in [-0.39, 0.29) is 11.8 Å². The molecule has 0 atom stereocenters. The Morgan fingerprint density at radius 2 is 1.24 bits per heavy atom. The van der Waals surface area contributed by atoms with Crippen molar-refractivity contribution in [1.29, 1.82) is 0 Å². The number of carbonyl (C=O) groups is 2. The molecule has 0 unspecified atom stereocenters. The summed E-state index contributed by atoms with van der Waals surface area (Å²) in [5.74, 6) is -0.641. The Labute approximate surface area is 105 Å². The molecule has 0 aromatic heterocycles. The minimum absolute atomic E-state index is 0.321. The summed E-state index contributed by atoms with van der Waals surface area (Å²) in [5, 5.41) is 0. The summed E-state index contributed by atoms with van der Waals surface area (Å²) in [6.07, 6.45) is 0. The van der Waals surface area contributed by atoms with Crippen LogP contribution in [0.4, 0.5) is 0 Å². The molecule has 100 valence electrons. The zero-order valence-corrected chi connectivity index (χ0v) is 13.1. The highest BCUT2D eigenvalue weighted by molar-refractivity contribution is 6.70. The topological polar surface area (TPSA) is 49.9 Å². The van der Waals surface area contributed by atoms with Crippen LogP contribution in [0.2, 0.25) is 19.6 Å². The number of likely N-dealkylation sites (N-methyl/N-ethyl adjacent to an activating group) is 2. The van der Waals surface area contributed by atoms with Crippen molar-refractivity contribution in [2.45, 2.75) is 32.2 Å². The van der Waals surface area contributed by atoms with Crippen LogP contribution >= 0.6 is 0 Å². The zero-order valence-electron chi connectivity index (χ0n) is 12.1. The van der Waals surface area contributed by atoms with Gasteiger partial charge in [-0.3, -0.25) is 9.59 Å². The van der Waals surface area contributed by atoms with Crippen LogP contribution in [0.1, 0.15) is 6.92 Å². The van der Waals surface area contributed by atoms with E-state index in [0.717, 1.165) is 0 Å². The van der Waals surface area contributed by atoms with Gasteiger partial charge in [0.25, 0.3) is 11.8 Å². The van der Waals surface area contributed by atoms with E-state index in [1.807, 2.05) is 19.6 Å². The van der Waals surface area contributed by atoms with Gasteiger partial charge in [0.2, 0.25) is 5.60 Å². The summed E-state index contributed by atoms with van der Waals surface area (Å²) in [4.78, 5) is 27.1. The molecule has 0 rings (SSSR count). The highest BCUT2D eigenvalue weighted by atomic mass is 28.4. The molecule has 0 saturated carbocycles. The molecule has 0 aromatic rings. The third kappa shape index (κ3) is 4.12. The van der Waals surface area contributed by atoms with Crippen molar-refractivity contribution in [2.75, 3.05) is 28.2 Å². The Morgan fingerprint density at radius 1 is 0.941 bits per heavy atom. The molecule has 0 aliphatic heterocycles. The van der Waals surface area contributed by atoms with Gasteiger partial charge in [0.1, 0.15) is 0 Å². The second kappa shape index (κ2) is 5.18. The van der Waals surface area contributed by atoms with Gasteiger partial charge in [-0.2, -0.15) is 0 Å². The predicted molar refractivity (Wildman–Crippen MR) is 70.2 cm³/mol. The molecule has 2 amide bonds. The van der Waals surface area contributed by atoms with E-state index in [1.165, 1.54) is 9.80 Å². The average Bonchev–Trinajstić information content (AvgIpc) is 2.12. The highest BCUT2D eigenvalue weighted by Gasteiger charge is 2.47. The van der Waals surface area contributed by atoms with E-state index >= 15 is 0 Å². The van der Waals surface area contributed by atoms with Gasteiger partial charge in [0.15, 0.2) is 8.32 Å². The Balaban J connectivity index is 5.37. The van der Waals surface area contributed by atoms with Crippen LogP contribution in [0.25, 0.3) is 0 Å². The summed E-state index contributed by atoms with van der Waals surface area (Å²) >= 11 is 0. The lowest BCUT2D eigenvalue weighted by atomic mass is 10.0. The van der Waals surface area contributed by atoms with Gasteiger partial charge in [0.05, 0.1) is 0 Å². The largest absolute Gasteiger partial charge is 0.397 e. The smallest absolute Gasteiger partial charge is 0.262 e.